The summed E-state index contributed by atoms with van der Waals surface area (Å²) < 4.78 is 11.4. The average molecular weight is 416 g/mol. The molecule has 6 heteroatoms. The van der Waals surface area contributed by atoms with Crippen LogP contribution in [0.5, 0.6) is 11.5 Å². The maximum Gasteiger partial charge on any atom is 0.265 e. The van der Waals surface area contributed by atoms with Gasteiger partial charge in [0.05, 0.1) is 0 Å². The molecule has 0 aromatic heterocycles. The highest BCUT2D eigenvalue weighted by atomic mass is 35.5. The highest BCUT2D eigenvalue weighted by Crippen LogP contribution is 2.25. The summed E-state index contributed by atoms with van der Waals surface area (Å²) in [5.74, 6) is 0.874. The van der Waals surface area contributed by atoms with E-state index in [0.29, 0.717) is 28.1 Å². The Hall–Kier alpha value is -2.69. The molecular weight excluding hydrogens is 397 g/mol. The Bertz CT molecular complexity index is 910. The van der Waals surface area contributed by atoms with Gasteiger partial charge in [-0.25, -0.2) is 0 Å². The Balaban J connectivity index is 1.53. The van der Waals surface area contributed by atoms with Gasteiger partial charge < -0.3 is 14.8 Å². The summed E-state index contributed by atoms with van der Waals surface area (Å²) in [5.41, 5.74) is 1.74. The number of ether oxygens (including phenoxy) is 2. The third-order valence-corrected chi connectivity index (χ3v) is 4.32. The fourth-order valence-electron chi connectivity index (χ4n) is 2.47. The van der Waals surface area contributed by atoms with E-state index in [2.05, 4.69) is 5.32 Å². The van der Waals surface area contributed by atoms with E-state index in [4.69, 9.17) is 32.7 Å². The molecule has 1 atom stereocenters. The second-order valence-corrected chi connectivity index (χ2v) is 7.03. The SMILES string of the molecule is C[C@@H](Oc1cc(Cl)cc(Cl)c1)C(=O)Nc1ccc(OCc2ccccc2)cc1. The number of carbonyl (C=O) groups excluding carboxylic acids is 1. The minimum atomic E-state index is -0.719. The molecule has 0 saturated carbocycles. The van der Waals surface area contributed by atoms with E-state index < -0.39 is 6.10 Å². The van der Waals surface area contributed by atoms with Gasteiger partial charge in [-0.2, -0.15) is 0 Å². The highest BCUT2D eigenvalue weighted by Gasteiger charge is 2.15. The molecule has 4 nitrogen and oxygen atoms in total. The quantitative estimate of drug-likeness (QED) is 0.516. The zero-order chi connectivity index (χ0) is 19.9. The summed E-state index contributed by atoms with van der Waals surface area (Å²) in [6, 6.07) is 21.9. The van der Waals surface area contributed by atoms with Crippen molar-refractivity contribution in [2.75, 3.05) is 5.32 Å². The zero-order valence-corrected chi connectivity index (χ0v) is 16.7. The van der Waals surface area contributed by atoms with Crippen molar-refractivity contribution in [3.63, 3.8) is 0 Å². The molecule has 0 aliphatic carbocycles. The van der Waals surface area contributed by atoms with Crippen LogP contribution in [0, 0.1) is 0 Å². The maximum atomic E-state index is 12.3. The summed E-state index contributed by atoms with van der Waals surface area (Å²) in [7, 11) is 0. The van der Waals surface area contributed by atoms with E-state index in [1.165, 1.54) is 0 Å². The Morgan fingerprint density at radius 3 is 2.21 bits per heavy atom. The van der Waals surface area contributed by atoms with Gasteiger partial charge in [0.15, 0.2) is 6.10 Å². The van der Waals surface area contributed by atoms with Gasteiger partial charge in [-0.3, -0.25) is 4.79 Å². The summed E-state index contributed by atoms with van der Waals surface area (Å²) in [6.45, 7) is 2.14. The molecule has 0 bridgehead atoms. The molecule has 0 unspecified atom stereocenters. The molecule has 1 N–H and O–H groups in total. The predicted octanol–water partition coefficient (Wildman–Crippen LogP) is 5.98. The number of carbonyl (C=O) groups is 1. The minimum Gasteiger partial charge on any atom is -0.489 e. The van der Waals surface area contributed by atoms with Crippen molar-refractivity contribution in [3.05, 3.63) is 88.4 Å². The van der Waals surface area contributed by atoms with Crippen LogP contribution < -0.4 is 14.8 Å². The number of benzene rings is 3. The summed E-state index contributed by atoms with van der Waals surface area (Å²) in [5, 5.41) is 3.70. The summed E-state index contributed by atoms with van der Waals surface area (Å²) in [6.07, 6.45) is -0.719. The number of rotatable bonds is 7. The Kier molecular flexibility index (Phi) is 6.80. The number of halogens is 2. The lowest BCUT2D eigenvalue weighted by Crippen LogP contribution is -2.30. The van der Waals surface area contributed by atoms with Gasteiger partial charge in [-0.1, -0.05) is 53.5 Å². The Morgan fingerprint density at radius 2 is 1.57 bits per heavy atom. The molecule has 0 aliphatic heterocycles. The van der Waals surface area contributed by atoms with Gasteiger partial charge in [-0.15, -0.1) is 0 Å². The first-order chi connectivity index (χ1) is 13.5. The smallest absolute Gasteiger partial charge is 0.265 e. The van der Waals surface area contributed by atoms with Crippen molar-refractivity contribution in [3.8, 4) is 11.5 Å². The van der Waals surface area contributed by atoms with Crippen molar-refractivity contribution in [1.29, 1.82) is 0 Å². The third-order valence-electron chi connectivity index (χ3n) is 3.89. The van der Waals surface area contributed by atoms with Crippen LogP contribution in [0.4, 0.5) is 5.69 Å². The van der Waals surface area contributed by atoms with Crippen LogP contribution in [-0.4, -0.2) is 12.0 Å². The average Bonchev–Trinajstić information content (AvgIpc) is 2.67. The van der Waals surface area contributed by atoms with Crippen LogP contribution in [0.1, 0.15) is 12.5 Å². The maximum absolute atomic E-state index is 12.3. The van der Waals surface area contributed by atoms with Gasteiger partial charge in [0.1, 0.15) is 18.1 Å². The number of hydrogen-bond donors (Lipinski definition) is 1. The van der Waals surface area contributed by atoms with E-state index in [1.54, 1.807) is 49.4 Å². The molecule has 0 heterocycles. The fourth-order valence-corrected chi connectivity index (χ4v) is 2.98. The van der Waals surface area contributed by atoms with Crippen LogP contribution in [0.15, 0.2) is 72.8 Å². The third kappa shape index (κ3) is 5.91. The molecule has 144 valence electrons. The van der Waals surface area contributed by atoms with E-state index >= 15 is 0 Å². The van der Waals surface area contributed by atoms with Gasteiger partial charge in [0.25, 0.3) is 5.91 Å². The number of amides is 1. The molecule has 0 fully saturated rings. The molecule has 0 radical (unpaired) electrons. The molecule has 0 spiro atoms. The molecule has 1 amide bonds. The lowest BCUT2D eigenvalue weighted by molar-refractivity contribution is -0.122. The minimum absolute atomic E-state index is 0.283. The lowest BCUT2D eigenvalue weighted by atomic mass is 10.2. The fraction of sp³-hybridized carbons (Fsp3) is 0.136. The second-order valence-electron chi connectivity index (χ2n) is 6.15. The van der Waals surface area contributed by atoms with Gasteiger partial charge in [0.2, 0.25) is 0 Å². The molecule has 0 saturated heterocycles. The van der Waals surface area contributed by atoms with E-state index in [1.807, 2.05) is 30.3 Å². The molecule has 3 aromatic rings. The van der Waals surface area contributed by atoms with Crippen LogP contribution >= 0.6 is 23.2 Å². The predicted molar refractivity (Wildman–Crippen MR) is 112 cm³/mol. The van der Waals surface area contributed by atoms with Gasteiger partial charge >= 0.3 is 0 Å². The van der Waals surface area contributed by atoms with Gasteiger partial charge in [-0.05, 0) is 55.0 Å². The number of hydrogen-bond acceptors (Lipinski definition) is 3. The highest BCUT2D eigenvalue weighted by molar-refractivity contribution is 6.34. The van der Waals surface area contributed by atoms with Crippen LogP contribution in [0.2, 0.25) is 10.0 Å². The van der Waals surface area contributed by atoms with Gasteiger partial charge in [0, 0.05) is 15.7 Å². The molecule has 28 heavy (non-hydrogen) atoms. The second kappa shape index (κ2) is 9.49. The first kappa shape index (κ1) is 20.1. The van der Waals surface area contributed by atoms with Crippen molar-refractivity contribution in [2.24, 2.45) is 0 Å². The Labute approximate surface area is 174 Å². The molecule has 0 aliphatic rings. The lowest BCUT2D eigenvalue weighted by Gasteiger charge is -2.15. The van der Waals surface area contributed by atoms with E-state index in [-0.39, 0.29) is 5.91 Å². The summed E-state index contributed by atoms with van der Waals surface area (Å²) >= 11 is 11.9. The van der Waals surface area contributed by atoms with E-state index in [9.17, 15) is 4.79 Å². The van der Waals surface area contributed by atoms with Crippen molar-refractivity contribution >= 4 is 34.8 Å². The van der Waals surface area contributed by atoms with Crippen LogP contribution in [0.3, 0.4) is 0 Å². The first-order valence-corrected chi connectivity index (χ1v) is 9.45. The summed E-state index contributed by atoms with van der Waals surface area (Å²) in [4.78, 5) is 12.3. The molecule has 3 rings (SSSR count). The van der Waals surface area contributed by atoms with E-state index in [0.717, 1.165) is 11.3 Å². The Morgan fingerprint density at radius 1 is 0.929 bits per heavy atom. The first-order valence-electron chi connectivity index (χ1n) is 8.70. The van der Waals surface area contributed by atoms with Crippen LogP contribution in [0.25, 0.3) is 0 Å². The normalized spacial score (nSPS) is 11.5. The largest absolute Gasteiger partial charge is 0.489 e. The van der Waals surface area contributed by atoms with Crippen molar-refractivity contribution < 1.29 is 14.3 Å². The zero-order valence-electron chi connectivity index (χ0n) is 15.2. The molecular formula is C22H19Cl2NO3. The van der Waals surface area contributed by atoms with Crippen molar-refractivity contribution in [2.45, 2.75) is 19.6 Å². The number of anilines is 1. The standard InChI is InChI=1S/C22H19Cl2NO3/c1-15(28-21-12-17(23)11-18(24)13-21)22(26)25-19-7-9-20(10-8-19)27-14-16-5-3-2-4-6-16/h2-13,15H,14H2,1H3,(H,25,26)/t15-/m1/s1. The van der Waals surface area contributed by atoms with Crippen LogP contribution in [-0.2, 0) is 11.4 Å². The topological polar surface area (TPSA) is 47.6 Å². The van der Waals surface area contributed by atoms with Crippen molar-refractivity contribution in [1.82, 2.24) is 0 Å². The molecule has 3 aromatic carbocycles. The monoisotopic (exact) mass is 415 g/mol. The number of nitrogens with one attached hydrogen (secondary N) is 1.